The molecule has 2 heterocycles. The molecule has 0 aromatic heterocycles. The average molecular weight is 356 g/mol. The number of ether oxygens (including phenoxy) is 1. The summed E-state index contributed by atoms with van der Waals surface area (Å²) in [5.74, 6) is -0.00976. The van der Waals surface area contributed by atoms with E-state index in [-0.39, 0.29) is 12.5 Å². The Labute approximate surface area is 145 Å². The molecule has 2 aliphatic rings. The molecule has 138 valence electrons. The summed E-state index contributed by atoms with van der Waals surface area (Å²) >= 11 is 0. The zero-order chi connectivity index (χ0) is 17.9. The van der Waals surface area contributed by atoms with Crippen molar-refractivity contribution in [1.82, 2.24) is 9.80 Å². The van der Waals surface area contributed by atoms with Gasteiger partial charge in [-0.25, -0.2) is 0 Å². The Morgan fingerprint density at radius 2 is 1.80 bits per heavy atom. The Balaban J connectivity index is 1.51. The van der Waals surface area contributed by atoms with Crippen LogP contribution >= 0.6 is 0 Å². The lowest BCUT2D eigenvalue weighted by molar-refractivity contribution is -0.176. The summed E-state index contributed by atoms with van der Waals surface area (Å²) < 4.78 is 40.8. The van der Waals surface area contributed by atoms with Crippen LogP contribution in [0, 0.1) is 0 Å². The lowest BCUT2D eigenvalue weighted by atomic mass is 10.1. The van der Waals surface area contributed by atoms with Crippen molar-refractivity contribution in [2.24, 2.45) is 0 Å². The van der Waals surface area contributed by atoms with Gasteiger partial charge in [0.2, 0.25) is 0 Å². The lowest BCUT2D eigenvalue weighted by Crippen LogP contribution is -2.37. The first-order valence-electron chi connectivity index (χ1n) is 8.69. The van der Waals surface area contributed by atoms with E-state index in [1.165, 1.54) is 12.8 Å². The molecule has 25 heavy (non-hydrogen) atoms. The molecule has 0 bridgehead atoms. The number of carbonyl (C=O) groups excluding carboxylic acids is 1. The van der Waals surface area contributed by atoms with E-state index in [0.717, 1.165) is 32.6 Å². The van der Waals surface area contributed by atoms with Crippen LogP contribution in [0.15, 0.2) is 24.3 Å². The minimum atomic E-state index is -4.32. The zero-order valence-electron chi connectivity index (χ0n) is 14.1. The first-order chi connectivity index (χ1) is 11.9. The van der Waals surface area contributed by atoms with Gasteiger partial charge in [-0.1, -0.05) is 12.1 Å². The Kier molecular flexibility index (Phi) is 5.64. The van der Waals surface area contributed by atoms with Gasteiger partial charge in [-0.05, 0) is 50.0 Å². The van der Waals surface area contributed by atoms with Crippen LogP contribution in [-0.4, -0.2) is 60.7 Å². The van der Waals surface area contributed by atoms with Gasteiger partial charge in [0.05, 0.1) is 6.61 Å². The molecule has 1 atom stereocenters. The maximum absolute atomic E-state index is 12.6. The third kappa shape index (κ3) is 4.95. The molecule has 1 amide bonds. The molecule has 0 saturated carbocycles. The number of benzene rings is 1. The normalized spacial score (nSPS) is 21.9. The van der Waals surface area contributed by atoms with E-state index in [4.69, 9.17) is 0 Å². The monoisotopic (exact) mass is 356 g/mol. The Hall–Kier alpha value is -1.60. The number of alkyl halides is 3. The van der Waals surface area contributed by atoms with E-state index < -0.39 is 12.8 Å². The highest BCUT2D eigenvalue weighted by molar-refractivity contribution is 5.94. The molecule has 0 N–H and O–H groups in total. The van der Waals surface area contributed by atoms with Crippen LogP contribution in [0.2, 0.25) is 0 Å². The topological polar surface area (TPSA) is 32.8 Å². The second-order valence-corrected chi connectivity index (χ2v) is 6.74. The maximum atomic E-state index is 12.6. The van der Waals surface area contributed by atoms with Crippen LogP contribution < -0.4 is 0 Å². The van der Waals surface area contributed by atoms with Gasteiger partial charge in [-0.15, -0.1) is 0 Å². The molecular formula is C18H23F3N2O2. The van der Waals surface area contributed by atoms with Crippen molar-refractivity contribution in [3.05, 3.63) is 35.4 Å². The summed E-state index contributed by atoms with van der Waals surface area (Å²) in [6.07, 6.45) is -0.836. The summed E-state index contributed by atoms with van der Waals surface area (Å²) in [7, 11) is 0. The first-order valence-corrected chi connectivity index (χ1v) is 8.69. The fraction of sp³-hybridized carbons (Fsp3) is 0.611. The number of carbonyl (C=O) groups is 1. The van der Waals surface area contributed by atoms with Crippen LogP contribution in [0.25, 0.3) is 0 Å². The number of halogens is 3. The quantitative estimate of drug-likeness (QED) is 0.813. The van der Waals surface area contributed by atoms with Crippen LogP contribution in [0.1, 0.15) is 35.2 Å². The number of rotatable bonds is 5. The third-order valence-electron chi connectivity index (χ3n) is 4.84. The van der Waals surface area contributed by atoms with Crippen molar-refractivity contribution in [3.8, 4) is 0 Å². The van der Waals surface area contributed by atoms with Crippen LogP contribution in [0.3, 0.4) is 0 Å². The Morgan fingerprint density at radius 1 is 1.12 bits per heavy atom. The van der Waals surface area contributed by atoms with E-state index in [1.54, 1.807) is 24.3 Å². The summed E-state index contributed by atoms with van der Waals surface area (Å²) in [5.41, 5.74) is 1.19. The van der Waals surface area contributed by atoms with E-state index >= 15 is 0 Å². The molecule has 1 aromatic carbocycles. The van der Waals surface area contributed by atoms with Gasteiger partial charge < -0.3 is 9.64 Å². The zero-order valence-corrected chi connectivity index (χ0v) is 14.1. The van der Waals surface area contributed by atoms with Gasteiger partial charge in [-0.2, -0.15) is 13.2 Å². The molecule has 4 nitrogen and oxygen atoms in total. The molecular weight excluding hydrogens is 333 g/mol. The third-order valence-corrected chi connectivity index (χ3v) is 4.84. The second-order valence-electron chi connectivity index (χ2n) is 6.74. The summed E-state index contributed by atoms with van der Waals surface area (Å²) in [4.78, 5) is 16.9. The number of hydrogen-bond acceptors (Lipinski definition) is 3. The fourth-order valence-corrected chi connectivity index (χ4v) is 3.54. The standard InChI is InChI=1S/C18H23F3N2O2/c19-18(20,21)13-25-12-14-3-5-15(6-4-14)17(24)23-10-7-16(11-23)22-8-1-2-9-22/h3-6,16H,1-2,7-13H2. The summed E-state index contributed by atoms with van der Waals surface area (Å²) in [5, 5.41) is 0. The van der Waals surface area contributed by atoms with Crippen LogP contribution in [-0.2, 0) is 11.3 Å². The van der Waals surface area contributed by atoms with E-state index in [2.05, 4.69) is 9.64 Å². The molecule has 1 unspecified atom stereocenters. The predicted octanol–water partition coefficient (Wildman–Crippen LogP) is 3.08. The van der Waals surface area contributed by atoms with Gasteiger partial charge in [0, 0.05) is 24.7 Å². The molecule has 1 aromatic rings. The largest absolute Gasteiger partial charge is 0.411 e. The SMILES string of the molecule is O=C(c1ccc(COCC(F)(F)F)cc1)N1CCC(N2CCCC2)C1. The highest BCUT2D eigenvalue weighted by Gasteiger charge is 2.32. The van der Waals surface area contributed by atoms with Crippen molar-refractivity contribution < 1.29 is 22.7 Å². The van der Waals surface area contributed by atoms with E-state index in [9.17, 15) is 18.0 Å². The molecule has 0 aliphatic carbocycles. The van der Waals surface area contributed by atoms with Gasteiger partial charge in [-0.3, -0.25) is 9.69 Å². The predicted molar refractivity (Wildman–Crippen MR) is 87.3 cm³/mol. The number of nitrogens with zero attached hydrogens (tertiary/aromatic N) is 2. The maximum Gasteiger partial charge on any atom is 0.411 e. The first kappa shape index (κ1) is 18.2. The molecule has 2 aliphatic heterocycles. The summed E-state index contributed by atoms with van der Waals surface area (Å²) in [6, 6.07) is 7.09. The van der Waals surface area contributed by atoms with Crippen molar-refractivity contribution >= 4 is 5.91 Å². The highest BCUT2D eigenvalue weighted by Crippen LogP contribution is 2.22. The van der Waals surface area contributed by atoms with E-state index in [1.807, 2.05) is 4.90 Å². The Bertz CT molecular complexity index is 583. The lowest BCUT2D eigenvalue weighted by Gasteiger charge is -2.23. The average Bonchev–Trinajstić information content (AvgIpc) is 3.25. The van der Waals surface area contributed by atoms with E-state index in [0.29, 0.717) is 17.2 Å². The molecule has 2 fully saturated rings. The number of likely N-dealkylation sites (tertiary alicyclic amines) is 2. The van der Waals surface area contributed by atoms with Crippen LogP contribution in [0.4, 0.5) is 13.2 Å². The Morgan fingerprint density at radius 3 is 2.44 bits per heavy atom. The van der Waals surface area contributed by atoms with Gasteiger partial charge in [0.1, 0.15) is 6.61 Å². The number of hydrogen-bond donors (Lipinski definition) is 0. The van der Waals surface area contributed by atoms with Gasteiger partial charge >= 0.3 is 6.18 Å². The molecule has 3 rings (SSSR count). The van der Waals surface area contributed by atoms with Crippen LogP contribution in [0.5, 0.6) is 0 Å². The number of amides is 1. The van der Waals surface area contributed by atoms with Crippen molar-refractivity contribution in [2.75, 3.05) is 32.8 Å². The van der Waals surface area contributed by atoms with Crippen molar-refractivity contribution in [3.63, 3.8) is 0 Å². The van der Waals surface area contributed by atoms with Crippen molar-refractivity contribution in [2.45, 2.75) is 38.1 Å². The van der Waals surface area contributed by atoms with Gasteiger partial charge in [0.25, 0.3) is 5.91 Å². The molecule has 7 heteroatoms. The molecule has 0 radical (unpaired) electrons. The minimum Gasteiger partial charge on any atom is -0.367 e. The highest BCUT2D eigenvalue weighted by atomic mass is 19.4. The molecule has 0 spiro atoms. The smallest absolute Gasteiger partial charge is 0.367 e. The van der Waals surface area contributed by atoms with Crippen molar-refractivity contribution in [1.29, 1.82) is 0 Å². The summed E-state index contributed by atoms with van der Waals surface area (Å²) in [6.45, 7) is 2.39. The fourth-order valence-electron chi connectivity index (χ4n) is 3.54. The minimum absolute atomic E-state index is 0.00976. The second kappa shape index (κ2) is 7.74. The molecule has 2 saturated heterocycles. The van der Waals surface area contributed by atoms with Gasteiger partial charge in [0.15, 0.2) is 0 Å².